The fourth-order valence-corrected chi connectivity index (χ4v) is 2.17. The van der Waals surface area contributed by atoms with Crippen LogP contribution in [0.4, 0.5) is 0 Å². The summed E-state index contributed by atoms with van der Waals surface area (Å²) in [6.45, 7) is -0.341. The van der Waals surface area contributed by atoms with Gasteiger partial charge in [-0.25, -0.2) is 0 Å². The zero-order valence-electron chi connectivity index (χ0n) is 6.24. The lowest BCUT2D eigenvalue weighted by Gasteiger charge is -2.36. The lowest BCUT2D eigenvalue weighted by molar-refractivity contribution is -0.0953. The molecule has 0 aliphatic carbocycles. The molecule has 0 amide bonds. The largest absolute Gasteiger partial charge is 0.395 e. The van der Waals surface area contributed by atoms with Crippen molar-refractivity contribution in [3.63, 3.8) is 0 Å². The molecule has 0 spiro atoms. The molecule has 0 radical (unpaired) electrons. The van der Waals surface area contributed by atoms with E-state index in [4.69, 9.17) is 20.4 Å². The van der Waals surface area contributed by atoms with Gasteiger partial charge in [0, 0.05) is 0 Å². The van der Waals surface area contributed by atoms with E-state index in [1.54, 1.807) is 0 Å². The predicted molar refractivity (Wildman–Crippen MR) is 42.5 cm³/mol. The molecule has 0 saturated carbocycles. The van der Waals surface area contributed by atoms with Crippen LogP contribution in [0, 0.1) is 0 Å². The highest BCUT2D eigenvalue weighted by Crippen LogP contribution is 2.30. The van der Waals surface area contributed by atoms with Crippen LogP contribution in [0.25, 0.3) is 0 Å². The molecule has 1 unspecified atom stereocenters. The molecule has 1 rings (SSSR count). The van der Waals surface area contributed by atoms with E-state index >= 15 is 0 Å². The van der Waals surface area contributed by atoms with Gasteiger partial charge >= 0.3 is 0 Å². The second-order valence-electron chi connectivity index (χ2n) is 2.72. The Bertz CT molecular complexity index is 150. The zero-order chi connectivity index (χ0) is 9.30. The van der Waals surface area contributed by atoms with Gasteiger partial charge in [0.2, 0.25) is 0 Å². The normalized spacial score (nSPS) is 49.2. The molecule has 5 N–H and O–H groups in total. The smallest absolute Gasteiger partial charge is 0.128 e. The number of hydrogen-bond donors (Lipinski definition) is 5. The molecule has 72 valence electrons. The van der Waals surface area contributed by atoms with Gasteiger partial charge in [-0.15, -0.1) is 11.8 Å². The summed E-state index contributed by atoms with van der Waals surface area (Å²) in [5.74, 6) is 0. The first-order valence-corrected chi connectivity index (χ1v) is 4.50. The Balaban J connectivity index is 2.63. The van der Waals surface area contributed by atoms with Gasteiger partial charge in [0.25, 0.3) is 0 Å². The molecule has 1 fully saturated rings. The first-order valence-electron chi connectivity index (χ1n) is 3.56. The van der Waals surface area contributed by atoms with Crippen LogP contribution in [0.1, 0.15) is 0 Å². The highest BCUT2D eigenvalue weighted by molar-refractivity contribution is 8.00. The van der Waals surface area contributed by atoms with Crippen LogP contribution < -0.4 is 0 Å². The summed E-state index contributed by atoms with van der Waals surface area (Å²) >= 11 is 0.852. The summed E-state index contributed by atoms with van der Waals surface area (Å²) in [4.78, 5) is 0. The maximum absolute atomic E-state index is 9.22. The van der Waals surface area contributed by atoms with E-state index in [0.717, 1.165) is 11.8 Å². The Hall–Kier alpha value is 0.150. The van der Waals surface area contributed by atoms with Gasteiger partial charge in [-0.1, -0.05) is 0 Å². The van der Waals surface area contributed by atoms with Gasteiger partial charge in [0.15, 0.2) is 0 Å². The Morgan fingerprint density at radius 1 is 0.917 bits per heavy atom. The fraction of sp³-hybridized carbons (Fsp3) is 1.00. The van der Waals surface area contributed by atoms with Crippen molar-refractivity contribution in [1.29, 1.82) is 0 Å². The molecular weight excluding hydrogens is 184 g/mol. The highest BCUT2D eigenvalue weighted by atomic mass is 32.2. The van der Waals surface area contributed by atoms with Crippen molar-refractivity contribution < 1.29 is 25.5 Å². The summed E-state index contributed by atoms with van der Waals surface area (Å²) in [6.07, 6.45) is -3.94. The average Bonchev–Trinajstić information content (AvgIpc) is 2.08. The van der Waals surface area contributed by atoms with E-state index < -0.39 is 29.0 Å². The molecule has 0 aromatic carbocycles. The summed E-state index contributed by atoms with van der Waals surface area (Å²) < 4.78 is 0. The summed E-state index contributed by atoms with van der Waals surface area (Å²) in [5, 5.41) is 44.6. The monoisotopic (exact) mass is 196 g/mol. The van der Waals surface area contributed by atoms with Crippen molar-refractivity contribution in [2.45, 2.75) is 29.0 Å². The second-order valence-corrected chi connectivity index (χ2v) is 4.08. The standard InChI is InChI=1S/C6H12O5S/c7-1-2-3(8)4(9)5(10)6(11)12-2/h2-11H,1H2/t2-,3+,4-,5+,6?/m1/s1. The van der Waals surface area contributed by atoms with E-state index in [9.17, 15) is 5.11 Å². The Morgan fingerprint density at radius 2 is 1.50 bits per heavy atom. The van der Waals surface area contributed by atoms with E-state index in [0.29, 0.717) is 0 Å². The molecule has 1 saturated heterocycles. The van der Waals surface area contributed by atoms with E-state index in [2.05, 4.69) is 0 Å². The van der Waals surface area contributed by atoms with Gasteiger partial charge in [-0.05, 0) is 0 Å². The molecule has 6 heteroatoms. The molecule has 12 heavy (non-hydrogen) atoms. The molecule has 1 heterocycles. The first-order chi connectivity index (χ1) is 5.57. The zero-order valence-corrected chi connectivity index (χ0v) is 7.05. The minimum absolute atomic E-state index is 0.341. The molecule has 0 aromatic rings. The number of hydrogen-bond acceptors (Lipinski definition) is 6. The minimum atomic E-state index is -1.39. The van der Waals surface area contributed by atoms with Crippen molar-refractivity contribution in [1.82, 2.24) is 0 Å². The van der Waals surface area contributed by atoms with Gasteiger partial charge in [0.1, 0.15) is 17.6 Å². The first kappa shape index (κ1) is 10.2. The van der Waals surface area contributed by atoms with Crippen LogP contribution >= 0.6 is 11.8 Å². The fourth-order valence-electron chi connectivity index (χ4n) is 1.08. The second kappa shape index (κ2) is 3.91. The van der Waals surface area contributed by atoms with Crippen LogP contribution in [0.15, 0.2) is 0 Å². The highest BCUT2D eigenvalue weighted by Gasteiger charge is 2.42. The lowest BCUT2D eigenvalue weighted by atomic mass is 10.0. The number of aliphatic hydroxyl groups excluding tert-OH is 5. The van der Waals surface area contributed by atoms with Crippen LogP contribution in [0.2, 0.25) is 0 Å². The van der Waals surface area contributed by atoms with E-state index in [-0.39, 0.29) is 6.61 Å². The number of rotatable bonds is 1. The van der Waals surface area contributed by atoms with Gasteiger partial charge in [0.05, 0.1) is 18.0 Å². The Kier molecular flexibility index (Phi) is 3.33. The predicted octanol–water partition coefficient (Wildman–Crippen LogP) is -2.50. The Labute approximate surface area is 73.7 Å². The average molecular weight is 196 g/mol. The van der Waals surface area contributed by atoms with Crippen molar-refractivity contribution in [2.24, 2.45) is 0 Å². The van der Waals surface area contributed by atoms with Gasteiger partial charge in [-0.3, -0.25) is 0 Å². The molecule has 0 bridgehead atoms. The Morgan fingerprint density at radius 3 is 2.00 bits per heavy atom. The van der Waals surface area contributed by atoms with Crippen molar-refractivity contribution in [3.8, 4) is 0 Å². The van der Waals surface area contributed by atoms with Crippen molar-refractivity contribution in [3.05, 3.63) is 0 Å². The summed E-state index contributed by atoms with van der Waals surface area (Å²) in [6, 6.07) is 0. The maximum atomic E-state index is 9.22. The molecule has 1 aliphatic heterocycles. The van der Waals surface area contributed by atoms with Crippen LogP contribution in [-0.4, -0.2) is 61.1 Å². The van der Waals surface area contributed by atoms with Crippen molar-refractivity contribution >= 4 is 11.8 Å². The summed E-state index contributed by atoms with van der Waals surface area (Å²) in [7, 11) is 0. The van der Waals surface area contributed by atoms with Gasteiger partial charge < -0.3 is 25.5 Å². The summed E-state index contributed by atoms with van der Waals surface area (Å²) in [5.41, 5.74) is -1.15. The number of thioether (sulfide) groups is 1. The van der Waals surface area contributed by atoms with Crippen LogP contribution in [0.5, 0.6) is 0 Å². The van der Waals surface area contributed by atoms with Gasteiger partial charge in [-0.2, -0.15) is 0 Å². The minimum Gasteiger partial charge on any atom is -0.395 e. The lowest BCUT2D eigenvalue weighted by Crippen LogP contribution is -2.53. The maximum Gasteiger partial charge on any atom is 0.128 e. The topological polar surface area (TPSA) is 101 Å². The third kappa shape index (κ3) is 1.73. The van der Waals surface area contributed by atoms with Crippen molar-refractivity contribution in [2.75, 3.05) is 6.61 Å². The molecule has 5 nitrogen and oxygen atoms in total. The molecular formula is C6H12O5S. The third-order valence-electron chi connectivity index (χ3n) is 1.87. The molecule has 0 aromatic heterocycles. The molecule has 5 atom stereocenters. The van der Waals surface area contributed by atoms with Crippen LogP contribution in [0.3, 0.4) is 0 Å². The number of aliphatic hydroxyl groups is 5. The van der Waals surface area contributed by atoms with Crippen LogP contribution in [-0.2, 0) is 0 Å². The third-order valence-corrected chi connectivity index (χ3v) is 3.20. The quantitative estimate of drug-likeness (QED) is 0.318. The van der Waals surface area contributed by atoms with E-state index in [1.807, 2.05) is 0 Å². The van der Waals surface area contributed by atoms with E-state index in [1.165, 1.54) is 0 Å². The SMILES string of the molecule is OC[C@H]1SC(O)[C@@H](O)[C@H](O)[C@H]1O. The molecule has 1 aliphatic rings.